The van der Waals surface area contributed by atoms with Gasteiger partial charge < -0.3 is 20.8 Å². The molecule has 1 fully saturated rings. The summed E-state index contributed by atoms with van der Waals surface area (Å²) < 4.78 is 1.90. The van der Waals surface area contributed by atoms with Crippen LogP contribution in [-0.4, -0.2) is 75.7 Å². The number of allylic oxidation sites excluding steroid dienone is 1. The Morgan fingerprint density at radius 1 is 1.24 bits per heavy atom. The normalized spacial score (nSPS) is 17.5. The fraction of sp³-hybridized carbons (Fsp3) is 0.560. The number of hydrogen-bond donors (Lipinski definition) is 4. The van der Waals surface area contributed by atoms with E-state index in [0.29, 0.717) is 6.67 Å². The lowest BCUT2D eigenvalue weighted by molar-refractivity contribution is -0.0523. The Balaban J connectivity index is 1.43. The van der Waals surface area contributed by atoms with Gasteiger partial charge in [-0.15, -0.1) is 0 Å². The molecule has 1 unspecified atom stereocenters. The maximum atomic E-state index is 9.81. The second-order valence-electron chi connectivity index (χ2n) is 9.05. The second-order valence-corrected chi connectivity index (χ2v) is 9.05. The fourth-order valence-corrected chi connectivity index (χ4v) is 4.53. The van der Waals surface area contributed by atoms with Gasteiger partial charge in [-0.05, 0) is 56.2 Å². The molecule has 0 amide bonds. The zero-order valence-corrected chi connectivity index (χ0v) is 20.0. The van der Waals surface area contributed by atoms with E-state index in [0.717, 1.165) is 74.5 Å². The number of rotatable bonds is 12. The molecule has 2 aromatic heterocycles. The lowest BCUT2D eigenvalue weighted by Gasteiger charge is -2.28. The maximum Gasteiger partial charge on any atom is 0.153 e. The Labute approximate surface area is 201 Å². The van der Waals surface area contributed by atoms with Gasteiger partial charge in [-0.25, -0.2) is 4.98 Å². The minimum Gasteiger partial charge on any atom is -0.394 e. The topological polar surface area (TPSA) is 111 Å². The summed E-state index contributed by atoms with van der Waals surface area (Å²) in [6, 6.07) is 6.01. The molecule has 4 rings (SSSR count). The standard InChI is InChI=1S/C25H37N7O2/c1-26-16-20(17-27-18-31-13-4-14-31)23(15-24(33)34)32-22(10-12-29-32)7-2-6-21-9-8-19-5-3-11-28-25(19)30-21/h8-10,12,16-17,23-24,26,33-34H,2-7,11,13-15,18H2,1H3,(H,28,30)/b20-16+,27-17-. The molecule has 0 bridgehead atoms. The van der Waals surface area contributed by atoms with Crippen LogP contribution in [0.1, 0.15) is 48.7 Å². The van der Waals surface area contributed by atoms with Gasteiger partial charge in [0.1, 0.15) is 5.82 Å². The molecule has 0 saturated carbocycles. The highest BCUT2D eigenvalue weighted by Crippen LogP contribution is 2.25. The quantitative estimate of drug-likeness (QED) is 0.279. The molecular weight excluding hydrogens is 430 g/mol. The Kier molecular flexibility index (Phi) is 8.67. The highest BCUT2D eigenvalue weighted by Gasteiger charge is 2.22. The lowest BCUT2D eigenvalue weighted by atomic mass is 10.0. The van der Waals surface area contributed by atoms with Crippen LogP contribution in [0.4, 0.5) is 5.82 Å². The third-order valence-corrected chi connectivity index (χ3v) is 6.47. The van der Waals surface area contributed by atoms with E-state index in [4.69, 9.17) is 4.98 Å². The summed E-state index contributed by atoms with van der Waals surface area (Å²) in [5.74, 6) is 1.03. The first-order chi connectivity index (χ1) is 16.6. The molecule has 0 aliphatic carbocycles. The van der Waals surface area contributed by atoms with E-state index >= 15 is 0 Å². The Morgan fingerprint density at radius 2 is 2.12 bits per heavy atom. The van der Waals surface area contributed by atoms with Crippen LogP contribution in [0.15, 0.2) is 41.2 Å². The molecule has 0 spiro atoms. The van der Waals surface area contributed by atoms with Crippen molar-refractivity contribution in [3.8, 4) is 0 Å². The van der Waals surface area contributed by atoms with Crippen molar-refractivity contribution in [3.05, 3.63) is 53.1 Å². The van der Waals surface area contributed by atoms with E-state index in [-0.39, 0.29) is 12.5 Å². The van der Waals surface area contributed by atoms with E-state index in [1.807, 2.05) is 30.2 Å². The van der Waals surface area contributed by atoms with Crippen LogP contribution >= 0.6 is 0 Å². The van der Waals surface area contributed by atoms with Crippen molar-refractivity contribution < 1.29 is 10.2 Å². The van der Waals surface area contributed by atoms with Crippen LogP contribution in [0.5, 0.6) is 0 Å². The van der Waals surface area contributed by atoms with Gasteiger partial charge in [0.15, 0.2) is 6.29 Å². The van der Waals surface area contributed by atoms with Crippen molar-refractivity contribution in [2.75, 3.05) is 38.7 Å². The summed E-state index contributed by atoms with van der Waals surface area (Å²) in [6.45, 7) is 3.81. The van der Waals surface area contributed by atoms with Crippen molar-refractivity contribution >= 4 is 12.0 Å². The van der Waals surface area contributed by atoms with Gasteiger partial charge >= 0.3 is 0 Å². The largest absolute Gasteiger partial charge is 0.394 e. The first-order valence-corrected chi connectivity index (χ1v) is 12.3. The minimum atomic E-state index is -1.45. The van der Waals surface area contributed by atoms with E-state index < -0.39 is 6.29 Å². The minimum absolute atomic E-state index is 0.135. The number of aliphatic hydroxyl groups is 2. The number of fused-ring (bicyclic) bond motifs is 1. The lowest BCUT2D eigenvalue weighted by Crippen LogP contribution is -2.37. The fourth-order valence-electron chi connectivity index (χ4n) is 4.53. The van der Waals surface area contributed by atoms with Crippen LogP contribution in [0.2, 0.25) is 0 Å². The molecule has 1 atom stereocenters. The smallest absolute Gasteiger partial charge is 0.153 e. The average Bonchev–Trinajstić information content (AvgIpc) is 3.26. The summed E-state index contributed by atoms with van der Waals surface area (Å²) in [6.07, 6.45) is 10.3. The predicted octanol–water partition coefficient (Wildman–Crippen LogP) is 1.89. The number of aliphatic imine (C=N–C) groups is 1. The molecule has 9 heteroatoms. The van der Waals surface area contributed by atoms with Gasteiger partial charge in [0.2, 0.25) is 0 Å². The van der Waals surface area contributed by atoms with Crippen LogP contribution < -0.4 is 10.6 Å². The highest BCUT2D eigenvalue weighted by molar-refractivity contribution is 5.79. The van der Waals surface area contributed by atoms with Gasteiger partial charge in [-0.2, -0.15) is 5.10 Å². The number of anilines is 1. The third-order valence-electron chi connectivity index (χ3n) is 6.47. The third kappa shape index (κ3) is 6.43. The number of hydrogen-bond acceptors (Lipinski definition) is 8. The van der Waals surface area contributed by atoms with Crippen LogP contribution in [0, 0.1) is 0 Å². The molecule has 1 saturated heterocycles. The van der Waals surface area contributed by atoms with Crippen molar-refractivity contribution in [2.24, 2.45) is 4.99 Å². The highest BCUT2D eigenvalue weighted by atomic mass is 16.5. The molecule has 9 nitrogen and oxygen atoms in total. The van der Waals surface area contributed by atoms with Crippen molar-refractivity contribution in [3.63, 3.8) is 0 Å². The summed E-state index contributed by atoms with van der Waals surface area (Å²) in [4.78, 5) is 11.7. The molecule has 34 heavy (non-hydrogen) atoms. The summed E-state index contributed by atoms with van der Waals surface area (Å²) in [5, 5.41) is 30.7. The molecule has 4 heterocycles. The number of aryl methyl sites for hydroxylation is 3. The van der Waals surface area contributed by atoms with E-state index in [1.165, 1.54) is 12.0 Å². The predicted molar refractivity (Wildman–Crippen MR) is 134 cm³/mol. The second kappa shape index (κ2) is 12.1. The van der Waals surface area contributed by atoms with E-state index in [9.17, 15) is 10.2 Å². The number of aromatic nitrogens is 3. The Hall–Kier alpha value is -2.75. The molecule has 184 valence electrons. The first-order valence-electron chi connectivity index (χ1n) is 12.3. The molecule has 4 N–H and O–H groups in total. The maximum absolute atomic E-state index is 9.81. The molecule has 0 aromatic carbocycles. The van der Waals surface area contributed by atoms with Gasteiger partial charge in [-0.3, -0.25) is 14.6 Å². The molecule has 2 aliphatic heterocycles. The summed E-state index contributed by atoms with van der Waals surface area (Å²) >= 11 is 0. The van der Waals surface area contributed by atoms with Crippen LogP contribution in [0.3, 0.4) is 0 Å². The summed E-state index contributed by atoms with van der Waals surface area (Å²) in [5.41, 5.74) is 4.32. The van der Waals surface area contributed by atoms with Gasteiger partial charge in [0.25, 0.3) is 0 Å². The van der Waals surface area contributed by atoms with Gasteiger partial charge in [0.05, 0.1) is 12.7 Å². The zero-order valence-electron chi connectivity index (χ0n) is 20.0. The summed E-state index contributed by atoms with van der Waals surface area (Å²) in [7, 11) is 1.83. The van der Waals surface area contributed by atoms with Gasteiger partial charge in [0, 0.05) is 68.7 Å². The van der Waals surface area contributed by atoms with E-state index in [1.54, 1.807) is 6.20 Å². The van der Waals surface area contributed by atoms with Crippen molar-refractivity contribution in [1.29, 1.82) is 0 Å². The number of aliphatic hydroxyl groups excluding tert-OH is 1. The molecule has 2 aliphatic rings. The number of pyridine rings is 1. The zero-order chi connectivity index (χ0) is 23.8. The first kappa shape index (κ1) is 24.4. The number of likely N-dealkylation sites (tertiary alicyclic amines) is 1. The average molecular weight is 468 g/mol. The van der Waals surface area contributed by atoms with Crippen molar-refractivity contribution in [2.45, 2.75) is 57.3 Å². The monoisotopic (exact) mass is 467 g/mol. The Morgan fingerprint density at radius 3 is 2.88 bits per heavy atom. The van der Waals surface area contributed by atoms with Gasteiger partial charge in [-0.1, -0.05) is 6.07 Å². The number of nitrogens with zero attached hydrogens (tertiary/aromatic N) is 5. The molecular formula is C25H37N7O2. The van der Waals surface area contributed by atoms with Crippen LogP contribution in [-0.2, 0) is 19.3 Å². The number of nitrogens with one attached hydrogen (secondary N) is 2. The SMILES string of the molecule is CN/C=C(\C=N/CN1CCC1)C(CC(O)O)n1nccc1CCCc1ccc2c(n1)NCCC2. The van der Waals surface area contributed by atoms with E-state index in [2.05, 4.69) is 37.8 Å². The Bertz CT molecular complexity index is 981. The molecule has 2 aromatic rings. The van der Waals surface area contributed by atoms with Crippen molar-refractivity contribution in [1.82, 2.24) is 25.0 Å². The molecule has 0 radical (unpaired) electrons. The van der Waals surface area contributed by atoms with Crippen LogP contribution in [0.25, 0.3) is 0 Å².